The topological polar surface area (TPSA) is 109 Å². The summed E-state index contributed by atoms with van der Waals surface area (Å²) in [6, 6.07) is 14.7. The van der Waals surface area contributed by atoms with E-state index in [0.717, 1.165) is 5.56 Å². The lowest BCUT2D eigenvalue weighted by Crippen LogP contribution is -2.58. The van der Waals surface area contributed by atoms with Crippen molar-refractivity contribution < 1.29 is 32.6 Å². The normalized spacial score (nSPS) is 25.1. The molecule has 1 spiro atoms. The van der Waals surface area contributed by atoms with Crippen LogP contribution in [-0.4, -0.2) is 74.2 Å². The van der Waals surface area contributed by atoms with Crippen molar-refractivity contribution in [3.05, 3.63) is 72.3 Å². The van der Waals surface area contributed by atoms with Gasteiger partial charge < -0.3 is 25.4 Å². The first-order valence-electron chi connectivity index (χ1n) is 15.2. The summed E-state index contributed by atoms with van der Waals surface area (Å²) in [5.41, 5.74) is 0.832. The summed E-state index contributed by atoms with van der Waals surface area (Å²) in [7, 11) is 0. The van der Waals surface area contributed by atoms with Gasteiger partial charge >= 0.3 is 6.61 Å². The Hall–Kier alpha value is -3.83. The standard InChI is InChI=1S/C33H40F2N4O5/c34-32(35)44-26-11-9-25(10-12-26)36-29(40)22-39-17-13-27-24(21-39)8-4-5-14-33(15-18-43-19-16-33)31(42)38-28(30(41)37-27)20-23-6-2-1-3-7-23/h1-7,9-12,24,27-28,32H,8,13-22H2,(H,36,40)(H,37,41)(H,38,42)/b5-4+/t24-,27+,28+/m0/s1. The number of amides is 3. The predicted octanol–water partition coefficient (Wildman–Crippen LogP) is 3.91. The van der Waals surface area contributed by atoms with Crippen LogP contribution < -0.4 is 20.7 Å². The highest BCUT2D eigenvalue weighted by atomic mass is 19.3. The monoisotopic (exact) mass is 610 g/mol. The fourth-order valence-electron chi connectivity index (χ4n) is 6.32. The Kier molecular flexibility index (Phi) is 10.6. The largest absolute Gasteiger partial charge is 0.435 e. The number of fused-ring (bicyclic) bond motifs is 1. The molecule has 236 valence electrons. The number of likely N-dealkylation sites (tertiary alicyclic amines) is 1. The molecule has 44 heavy (non-hydrogen) atoms. The number of hydrogen-bond donors (Lipinski definition) is 3. The van der Waals surface area contributed by atoms with Crippen LogP contribution in [0.5, 0.6) is 5.75 Å². The second kappa shape index (κ2) is 14.8. The van der Waals surface area contributed by atoms with E-state index in [1.807, 2.05) is 30.3 Å². The van der Waals surface area contributed by atoms with Gasteiger partial charge in [0, 0.05) is 44.5 Å². The first-order valence-corrected chi connectivity index (χ1v) is 15.2. The van der Waals surface area contributed by atoms with Gasteiger partial charge in [0.15, 0.2) is 0 Å². The van der Waals surface area contributed by atoms with Crippen LogP contribution in [0.2, 0.25) is 0 Å². The summed E-state index contributed by atoms with van der Waals surface area (Å²) in [6.45, 7) is -0.522. The number of halogens is 2. The molecule has 0 bridgehead atoms. The number of nitrogens with zero attached hydrogens (tertiary/aromatic N) is 1. The van der Waals surface area contributed by atoms with Gasteiger partial charge in [-0.1, -0.05) is 42.5 Å². The smallest absolute Gasteiger partial charge is 0.387 e. The zero-order chi connectivity index (χ0) is 30.9. The van der Waals surface area contributed by atoms with Crippen molar-refractivity contribution in [2.45, 2.75) is 57.2 Å². The lowest BCUT2D eigenvalue weighted by atomic mass is 9.75. The summed E-state index contributed by atoms with van der Waals surface area (Å²) < 4.78 is 34.8. The lowest BCUT2D eigenvalue weighted by Gasteiger charge is -2.40. The van der Waals surface area contributed by atoms with Crippen LogP contribution in [0, 0.1) is 11.3 Å². The van der Waals surface area contributed by atoms with Crippen molar-refractivity contribution in [3.63, 3.8) is 0 Å². The van der Waals surface area contributed by atoms with Crippen molar-refractivity contribution in [1.29, 1.82) is 0 Å². The van der Waals surface area contributed by atoms with Gasteiger partial charge in [-0.15, -0.1) is 0 Å². The molecule has 3 N–H and O–H groups in total. The van der Waals surface area contributed by atoms with E-state index in [4.69, 9.17) is 4.74 Å². The number of hydrogen-bond acceptors (Lipinski definition) is 6. The molecule has 5 rings (SSSR count). The Bertz CT molecular complexity index is 1300. The maximum atomic E-state index is 13.8. The average Bonchev–Trinajstić information content (AvgIpc) is 3.01. The number of alkyl halides is 2. The zero-order valence-corrected chi connectivity index (χ0v) is 24.7. The number of benzene rings is 2. The van der Waals surface area contributed by atoms with Crippen LogP contribution in [0.25, 0.3) is 0 Å². The second-order valence-electron chi connectivity index (χ2n) is 11.9. The van der Waals surface area contributed by atoms with Gasteiger partial charge in [0.2, 0.25) is 17.7 Å². The summed E-state index contributed by atoms with van der Waals surface area (Å²) in [4.78, 5) is 42.4. The minimum absolute atomic E-state index is 0.0194. The van der Waals surface area contributed by atoms with E-state index in [-0.39, 0.29) is 42.0 Å². The molecule has 9 nitrogen and oxygen atoms in total. The van der Waals surface area contributed by atoms with Gasteiger partial charge in [-0.3, -0.25) is 19.3 Å². The summed E-state index contributed by atoms with van der Waals surface area (Å²) in [5, 5.41) is 9.17. The number of nitrogens with one attached hydrogen (secondary N) is 3. The van der Waals surface area contributed by atoms with Crippen molar-refractivity contribution in [2.24, 2.45) is 11.3 Å². The highest BCUT2D eigenvalue weighted by Crippen LogP contribution is 2.36. The molecule has 2 fully saturated rings. The van der Waals surface area contributed by atoms with Crippen molar-refractivity contribution in [2.75, 3.05) is 38.2 Å². The van der Waals surface area contributed by atoms with Crippen LogP contribution in [0.1, 0.15) is 37.7 Å². The van der Waals surface area contributed by atoms with E-state index in [1.165, 1.54) is 24.3 Å². The third kappa shape index (κ3) is 8.41. The Morgan fingerprint density at radius 3 is 2.52 bits per heavy atom. The van der Waals surface area contributed by atoms with Gasteiger partial charge in [-0.25, -0.2) is 0 Å². The van der Waals surface area contributed by atoms with E-state index in [0.29, 0.717) is 70.5 Å². The minimum Gasteiger partial charge on any atom is -0.435 e. The Balaban J connectivity index is 1.27. The highest BCUT2D eigenvalue weighted by molar-refractivity contribution is 5.92. The molecule has 3 atom stereocenters. The zero-order valence-electron chi connectivity index (χ0n) is 24.7. The first kappa shape index (κ1) is 31.6. The summed E-state index contributed by atoms with van der Waals surface area (Å²) in [5.74, 6) is -0.428. The number of carbonyl (C=O) groups is 3. The van der Waals surface area contributed by atoms with Gasteiger partial charge in [0.05, 0.1) is 12.0 Å². The molecule has 0 unspecified atom stereocenters. The van der Waals surface area contributed by atoms with Crippen LogP contribution in [0.4, 0.5) is 14.5 Å². The molecule has 11 heteroatoms. The predicted molar refractivity (Wildman–Crippen MR) is 161 cm³/mol. The van der Waals surface area contributed by atoms with Crippen LogP contribution in [0.3, 0.4) is 0 Å². The maximum Gasteiger partial charge on any atom is 0.387 e. The Labute approximate surface area is 256 Å². The first-order chi connectivity index (χ1) is 21.3. The third-order valence-electron chi connectivity index (χ3n) is 8.83. The maximum absolute atomic E-state index is 13.8. The van der Waals surface area contributed by atoms with Crippen LogP contribution in [-0.2, 0) is 25.5 Å². The average molecular weight is 611 g/mol. The molecule has 3 amide bonds. The molecular formula is C33H40F2N4O5. The number of carbonyl (C=O) groups excluding carboxylic acids is 3. The number of allylic oxidation sites excluding steroid dienone is 2. The molecule has 0 saturated carbocycles. The number of piperidine rings is 1. The van der Waals surface area contributed by atoms with E-state index >= 15 is 0 Å². The van der Waals surface area contributed by atoms with E-state index in [9.17, 15) is 23.2 Å². The summed E-state index contributed by atoms with van der Waals surface area (Å²) in [6.07, 6.45) is 7.71. The van der Waals surface area contributed by atoms with E-state index in [2.05, 4.69) is 37.7 Å². The molecule has 3 aliphatic heterocycles. The third-order valence-corrected chi connectivity index (χ3v) is 8.83. The quantitative estimate of drug-likeness (QED) is 0.411. The molecule has 0 aliphatic carbocycles. The molecule has 0 radical (unpaired) electrons. The van der Waals surface area contributed by atoms with Gasteiger partial charge in [-0.2, -0.15) is 8.78 Å². The van der Waals surface area contributed by atoms with E-state index < -0.39 is 18.1 Å². The van der Waals surface area contributed by atoms with Crippen molar-refractivity contribution >= 4 is 23.4 Å². The highest BCUT2D eigenvalue weighted by Gasteiger charge is 2.41. The van der Waals surface area contributed by atoms with Gasteiger partial charge in [-0.05, 0) is 67.9 Å². The van der Waals surface area contributed by atoms with E-state index in [1.54, 1.807) is 0 Å². The summed E-state index contributed by atoms with van der Waals surface area (Å²) >= 11 is 0. The fourth-order valence-corrected chi connectivity index (χ4v) is 6.32. The molecule has 3 heterocycles. The van der Waals surface area contributed by atoms with Crippen LogP contribution in [0.15, 0.2) is 66.7 Å². The fraction of sp³-hybridized carbons (Fsp3) is 0.485. The number of anilines is 1. The molecule has 2 aromatic rings. The molecular weight excluding hydrogens is 570 g/mol. The van der Waals surface area contributed by atoms with Gasteiger partial charge in [0.1, 0.15) is 11.8 Å². The molecule has 2 saturated heterocycles. The van der Waals surface area contributed by atoms with Crippen molar-refractivity contribution in [3.8, 4) is 5.75 Å². The van der Waals surface area contributed by atoms with Gasteiger partial charge in [0.25, 0.3) is 0 Å². The van der Waals surface area contributed by atoms with Crippen LogP contribution >= 0.6 is 0 Å². The molecule has 2 aromatic carbocycles. The molecule has 0 aromatic heterocycles. The minimum atomic E-state index is -2.91. The second-order valence-corrected chi connectivity index (χ2v) is 11.9. The SMILES string of the molecule is O=C(CN1CC[C@H]2NC(=O)[C@@H](Cc3ccccc3)NC(=O)C3(C/C=C/C[C@H]2C1)CCOCC3)Nc1ccc(OC(F)F)cc1. The van der Waals surface area contributed by atoms with Crippen molar-refractivity contribution in [1.82, 2.24) is 15.5 Å². The Morgan fingerprint density at radius 2 is 1.80 bits per heavy atom. The number of ether oxygens (including phenoxy) is 2. The molecule has 3 aliphatic rings. The number of rotatable bonds is 7. The lowest BCUT2D eigenvalue weighted by molar-refractivity contribution is -0.140. The Morgan fingerprint density at radius 1 is 1.05 bits per heavy atom.